The van der Waals surface area contributed by atoms with E-state index in [4.69, 9.17) is 23.2 Å². The smallest absolute Gasteiger partial charge is 0.262 e. The number of rotatable bonds is 2. The predicted molar refractivity (Wildman–Crippen MR) is 90.3 cm³/mol. The first kappa shape index (κ1) is 18.4. The van der Waals surface area contributed by atoms with Crippen molar-refractivity contribution in [3.63, 3.8) is 0 Å². The predicted octanol–water partition coefficient (Wildman–Crippen LogP) is 2.28. The number of carbonyl (C=O) groups excluding carboxylic acids is 2. The monoisotopic (exact) mass is 391 g/mol. The molecule has 0 saturated carbocycles. The number of nitrogens with zero attached hydrogens (tertiary/aromatic N) is 2. The minimum atomic E-state index is -2.85. The third-order valence-electron chi connectivity index (χ3n) is 4.47. The molecule has 2 fully saturated rings. The Kier molecular flexibility index (Phi) is 5.18. The standard InChI is InChI=1S/C16H17Cl2F2N3O2/c17-11-3-1-2-10(13(11)18)14(24)22-4-6-23(7-5-22)15(25)12-8-16(19,20)9-21-12/h1-3,12,21H,4-9H2. The topological polar surface area (TPSA) is 52.7 Å². The summed E-state index contributed by atoms with van der Waals surface area (Å²) in [6.07, 6.45) is -0.483. The lowest BCUT2D eigenvalue weighted by atomic mass is 10.1. The summed E-state index contributed by atoms with van der Waals surface area (Å²) >= 11 is 12.0. The molecule has 1 atom stereocenters. The van der Waals surface area contributed by atoms with E-state index in [-0.39, 0.29) is 16.8 Å². The molecular weight excluding hydrogens is 375 g/mol. The Labute approximate surface area is 153 Å². The van der Waals surface area contributed by atoms with E-state index in [1.54, 1.807) is 23.1 Å². The van der Waals surface area contributed by atoms with Crippen molar-refractivity contribution in [2.75, 3.05) is 32.7 Å². The lowest BCUT2D eigenvalue weighted by Crippen LogP contribution is -2.54. The lowest BCUT2D eigenvalue weighted by Gasteiger charge is -2.36. The van der Waals surface area contributed by atoms with Gasteiger partial charge in [-0.2, -0.15) is 0 Å². The zero-order valence-electron chi connectivity index (χ0n) is 13.3. The van der Waals surface area contributed by atoms with Crippen LogP contribution in [0.5, 0.6) is 0 Å². The van der Waals surface area contributed by atoms with Crippen molar-refractivity contribution in [2.24, 2.45) is 0 Å². The van der Waals surface area contributed by atoms with Crippen LogP contribution in [0.2, 0.25) is 10.0 Å². The molecule has 2 saturated heterocycles. The summed E-state index contributed by atoms with van der Waals surface area (Å²) < 4.78 is 26.5. The highest BCUT2D eigenvalue weighted by Crippen LogP contribution is 2.28. The lowest BCUT2D eigenvalue weighted by molar-refractivity contribution is -0.135. The van der Waals surface area contributed by atoms with Crippen LogP contribution < -0.4 is 5.32 Å². The van der Waals surface area contributed by atoms with Crippen LogP contribution in [0.15, 0.2) is 18.2 Å². The fourth-order valence-corrected chi connectivity index (χ4v) is 3.46. The first-order valence-corrected chi connectivity index (χ1v) is 8.67. The van der Waals surface area contributed by atoms with Crippen LogP contribution in [-0.4, -0.2) is 66.3 Å². The van der Waals surface area contributed by atoms with Crippen LogP contribution in [-0.2, 0) is 4.79 Å². The van der Waals surface area contributed by atoms with Gasteiger partial charge in [0.15, 0.2) is 0 Å². The highest BCUT2D eigenvalue weighted by Gasteiger charge is 2.44. The van der Waals surface area contributed by atoms with Gasteiger partial charge in [-0.1, -0.05) is 29.3 Å². The van der Waals surface area contributed by atoms with Crippen molar-refractivity contribution in [1.82, 2.24) is 15.1 Å². The summed E-state index contributed by atoms with van der Waals surface area (Å²) in [7, 11) is 0. The molecule has 9 heteroatoms. The molecule has 0 aliphatic carbocycles. The van der Waals surface area contributed by atoms with Crippen LogP contribution in [0.3, 0.4) is 0 Å². The number of hydrogen-bond acceptors (Lipinski definition) is 3. The van der Waals surface area contributed by atoms with Crippen molar-refractivity contribution >= 4 is 35.0 Å². The molecule has 3 rings (SSSR count). The molecule has 136 valence electrons. The molecule has 2 aliphatic heterocycles. The maximum absolute atomic E-state index is 13.2. The Balaban J connectivity index is 1.59. The van der Waals surface area contributed by atoms with E-state index < -0.39 is 24.9 Å². The normalized spacial score (nSPS) is 23.0. The molecule has 1 N–H and O–H groups in total. The zero-order valence-corrected chi connectivity index (χ0v) is 14.8. The van der Waals surface area contributed by atoms with Gasteiger partial charge in [-0.15, -0.1) is 0 Å². The highest BCUT2D eigenvalue weighted by atomic mass is 35.5. The van der Waals surface area contributed by atoms with Crippen LogP contribution in [0.1, 0.15) is 16.8 Å². The number of piperazine rings is 1. The molecule has 0 spiro atoms. The van der Waals surface area contributed by atoms with Crippen molar-refractivity contribution < 1.29 is 18.4 Å². The van der Waals surface area contributed by atoms with E-state index in [0.717, 1.165) is 0 Å². The summed E-state index contributed by atoms with van der Waals surface area (Å²) in [5.74, 6) is -3.45. The molecule has 2 aliphatic rings. The van der Waals surface area contributed by atoms with E-state index >= 15 is 0 Å². The quantitative estimate of drug-likeness (QED) is 0.841. The van der Waals surface area contributed by atoms with Crippen molar-refractivity contribution in [2.45, 2.75) is 18.4 Å². The number of benzene rings is 1. The number of hydrogen-bond donors (Lipinski definition) is 1. The van der Waals surface area contributed by atoms with Gasteiger partial charge in [0.05, 0.1) is 28.2 Å². The van der Waals surface area contributed by atoms with Gasteiger partial charge in [0, 0.05) is 32.6 Å². The Morgan fingerprint density at radius 2 is 1.76 bits per heavy atom. The number of carbonyl (C=O) groups is 2. The van der Waals surface area contributed by atoms with Gasteiger partial charge in [0.25, 0.3) is 11.8 Å². The SMILES string of the molecule is O=C(c1cccc(Cl)c1Cl)N1CCN(C(=O)C2CC(F)(F)CN2)CC1. The second kappa shape index (κ2) is 7.05. The molecule has 2 amide bonds. The molecule has 5 nitrogen and oxygen atoms in total. The number of halogens is 4. The van der Waals surface area contributed by atoms with E-state index in [2.05, 4.69) is 5.32 Å². The van der Waals surface area contributed by atoms with E-state index in [1.807, 2.05) is 0 Å². The average molecular weight is 392 g/mol. The highest BCUT2D eigenvalue weighted by molar-refractivity contribution is 6.43. The van der Waals surface area contributed by atoms with Crippen molar-refractivity contribution in [3.05, 3.63) is 33.8 Å². The van der Waals surface area contributed by atoms with E-state index in [9.17, 15) is 18.4 Å². The maximum atomic E-state index is 13.2. The van der Waals surface area contributed by atoms with Crippen LogP contribution in [0, 0.1) is 0 Å². The third kappa shape index (κ3) is 3.88. The van der Waals surface area contributed by atoms with Gasteiger partial charge in [0.1, 0.15) is 0 Å². The van der Waals surface area contributed by atoms with Crippen LogP contribution >= 0.6 is 23.2 Å². The molecule has 1 aromatic rings. The van der Waals surface area contributed by atoms with Crippen LogP contribution in [0.25, 0.3) is 0 Å². The summed E-state index contributed by atoms with van der Waals surface area (Å²) in [6.45, 7) is 0.751. The molecule has 0 bridgehead atoms. The first-order valence-electron chi connectivity index (χ1n) is 7.92. The molecular formula is C16H17Cl2F2N3O2. The third-order valence-corrected chi connectivity index (χ3v) is 5.29. The largest absolute Gasteiger partial charge is 0.338 e. The molecule has 25 heavy (non-hydrogen) atoms. The number of nitrogens with one attached hydrogen (secondary N) is 1. The van der Waals surface area contributed by atoms with Gasteiger partial charge in [-0.3, -0.25) is 14.9 Å². The minimum Gasteiger partial charge on any atom is -0.338 e. The molecule has 0 aromatic heterocycles. The molecule has 1 aromatic carbocycles. The van der Waals surface area contributed by atoms with Crippen LogP contribution in [0.4, 0.5) is 8.78 Å². The second-order valence-electron chi connectivity index (χ2n) is 6.21. The Hall–Kier alpha value is -1.44. The van der Waals surface area contributed by atoms with Gasteiger partial charge in [0.2, 0.25) is 5.91 Å². The summed E-state index contributed by atoms with van der Waals surface area (Å²) in [4.78, 5) is 28.0. The number of amides is 2. The van der Waals surface area contributed by atoms with Gasteiger partial charge >= 0.3 is 0 Å². The van der Waals surface area contributed by atoms with Gasteiger partial charge in [-0.25, -0.2) is 8.78 Å². The Morgan fingerprint density at radius 3 is 2.36 bits per heavy atom. The van der Waals surface area contributed by atoms with Gasteiger partial charge in [-0.05, 0) is 12.1 Å². The Morgan fingerprint density at radius 1 is 1.12 bits per heavy atom. The fraction of sp³-hybridized carbons (Fsp3) is 0.500. The summed E-state index contributed by atoms with van der Waals surface area (Å²) in [5, 5.41) is 3.06. The van der Waals surface area contributed by atoms with E-state index in [0.29, 0.717) is 36.8 Å². The molecule has 0 radical (unpaired) electrons. The number of alkyl halides is 2. The van der Waals surface area contributed by atoms with Crippen molar-refractivity contribution in [1.29, 1.82) is 0 Å². The fourth-order valence-electron chi connectivity index (χ4n) is 3.08. The van der Waals surface area contributed by atoms with E-state index in [1.165, 1.54) is 4.90 Å². The molecule has 1 unspecified atom stereocenters. The Bertz CT molecular complexity index is 694. The minimum absolute atomic E-state index is 0.199. The summed E-state index contributed by atoms with van der Waals surface area (Å²) in [6, 6.07) is 3.98. The zero-order chi connectivity index (χ0) is 18.2. The maximum Gasteiger partial charge on any atom is 0.262 e. The van der Waals surface area contributed by atoms with Crippen molar-refractivity contribution in [3.8, 4) is 0 Å². The first-order chi connectivity index (χ1) is 11.8. The second-order valence-corrected chi connectivity index (χ2v) is 7.00. The molecule has 2 heterocycles. The average Bonchev–Trinajstić information content (AvgIpc) is 2.96. The summed E-state index contributed by atoms with van der Waals surface area (Å²) in [5.41, 5.74) is 0.311. The van der Waals surface area contributed by atoms with Gasteiger partial charge < -0.3 is 9.80 Å².